The van der Waals surface area contributed by atoms with Crippen molar-refractivity contribution >= 4 is 16.0 Å². The van der Waals surface area contributed by atoms with Crippen molar-refractivity contribution in [3.05, 3.63) is 0 Å². The summed E-state index contributed by atoms with van der Waals surface area (Å²) in [5.41, 5.74) is -1.37. The minimum Gasteiger partial charge on any atom is -0.380 e. The topological polar surface area (TPSA) is 107 Å². The Morgan fingerprint density at radius 3 is 2.17 bits per heavy atom. The molecule has 141 valence electrons. The average molecular weight is 365 g/mol. The lowest BCUT2D eigenvalue weighted by molar-refractivity contribution is -0.294. The van der Waals surface area contributed by atoms with E-state index in [9.17, 15) is 18.4 Å². The lowest BCUT2D eigenvalue weighted by Gasteiger charge is -2.52. The Hall–Kier alpha value is -0.740. The van der Waals surface area contributed by atoms with Crippen LogP contribution in [0.2, 0.25) is 0 Å². The van der Waals surface area contributed by atoms with Crippen LogP contribution in [0.3, 0.4) is 0 Å². The van der Waals surface area contributed by atoms with Gasteiger partial charge in [-0.15, -0.1) is 10.3 Å². The normalized spacial score (nSPS) is 21.6. The van der Waals surface area contributed by atoms with Gasteiger partial charge in [0.25, 0.3) is 10.1 Å². The molecule has 0 saturated carbocycles. The number of hydrogen-bond acceptors (Lipinski definition) is 5. The highest BCUT2D eigenvalue weighted by Gasteiger charge is 2.48. The Morgan fingerprint density at radius 2 is 1.75 bits per heavy atom. The van der Waals surface area contributed by atoms with E-state index in [1.807, 2.05) is 34.6 Å². The summed E-state index contributed by atoms with van der Waals surface area (Å²) in [6, 6.07) is -0.296. The van der Waals surface area contributed by atoms with Crippen LogP contribution in [0.15, 0.2) is 0 Å². The van der Waals surface area contributed by atoms with Crippen LogP contribution in [-0.4, -0.2) is 71.5 Å². The van der Waals surface area contributed by atoms with E-state index in [-0.39, 0.29) is 19.2 Å². The highest BCUT2D eigenvalue weighted by molar-refractivity contribution is 7.86. The average Bonchev–Trinajstić information content (AvgIpc) is 2.38. The molecule has 1 N–H and O–H groups in total. The molecule has 1 fully saturated rings. The molecule has 1 aliphatic heterocycles. The SMILES string of the molecule is CCOCCN(C(=O)CS(=O)(=O)O)C1CC(C)(C)N([O])C(C)(C)C1. The highest BCUT2D eigenvalue weighted by Crippen LogP contribution is 2.39. The molecular weight excluding hydrogens is 336 g/mol. The van der Waals surface area contributed by atoms with Gasteiger partial charge >= 0.3 is 0 Å². The maximum atomic E-state index is 12.4. The van der Waals surface area contributed by atoms with Crippen LogP contribution in [0.25, 0.3) is 0 Å². The third kappa shape index (κ3) is 5.66. The highest BCUT2D eigenvalue weighted by atomic mass is 32.2. The fourth-order valence-electron chi connectivity index (χ4n) is 3.49. The van der Waals surface area contributed by atoms with E-state index in [0.29, 0.717) is 19.4 Å². The number of ether oxygens (including phenoxy) is 1. The summed E-state index contributed by atoms with van der Waals surface area (Å²) in [6.07, 6.45) is 0.840. The molecule has 0 spiro atoms. The first-order chi connectivity index (χ1) is 10.8. The van der Waals surface area contributed by atoms with Crippen molar-refractivity contribution in [3.8, 4) is 0 Å². The van der Waals surface area contributed by atoms with Gasteiger partial charge in [-0.3, -0.25) is 9.35 Å². The van der Waals surface area contributed by atoms with Gasteiger partial charge in [0.05, 0.1) is 6.61 Å². The standard InChI is InChI=1S/C15H29N2O6S/c1-6-23-8-7-16(13(18)11-24(20,21)22)12-9-14(2,3)17(19)15(4,5)10-12/h12H,6-11H2,1-5H3,(H,20,21,22). The number of carbonyl (C=O) groups is 1. The fraction of sp³-hybridized carbons (Fsp3) is 0.933. The van der Waals surface area contributed by atoms with Gasteiger partial charge in [0.1, 0.15) is 0 Å². The quantitative estimate of drug-likeness (QED) is 0.535. The maximum absolute atomic E-state index is 12.4. The lowest BCUT2D eigenvalue weighted by Crippen LogP contribution is -2.63. The fourth-order valence-corrected chi connectivity index (χ4v) is 3.97. The zero-order valence-corrected chi connectivity index (χ0v) is 15.9. The molecular formula is C15H29N2O6S. The van der Waals surface area contributed by atoms with Crippen molar-refractivity contribution in [1.82, 2.24) is 9.96 Å². The molecule has 1 amide bonds. The predicted octanol–water partition coefficient (Wildman–Crippen LogP) is 1.11. The summed E-state index contributed by atoms with van der Waals surface area (Å²) in [5.74, 6) is -1.63. The molecule has 24 heavy (non-hydrogen) atoms. The molecule has 9 heteroatoms. The van der Waals surface area contributed by atoms with Gasteiger partial charge in [0.2, 0.25) is 5.91 Å². The molecule has 8 nitrogen and oxygen atoms in total. The van der Waals surface area contributed by atoms with Gasteiger partial charge < -0.3 is 9.64 Å². The van der Waals surface area contributed by atoms with Gasteiger partial charge in [-0.1, -0.05) is 0 Å². The second-order valence-electron chi connectivity index (χ2n) is 7.49. The van der Waals surface area contributed by atoms with E-state index in [1.165, 1.54) is 4.90 Å². The smallest absolute Gasteiger partial charge is 0.274 e. The minimum atomic E-state index is -4.41. The van der Waals surface area contributed by atoms with Crippen molar-refractivity contribution in [1.29, 1.82) is 0 Å². The Bertz CT molecular complexity index is 528. The molecule has 0 unspecified atom stereocenters. The Labute approximate surface area is 144 Å². The molecule has 0 aromatic carbocycles. The van der Waals surface area contributed by atoms with Crippen molar-refractivity contribution in [2.45, 2.75) is 64.6 Å². The van der Waals surface area contributed by atoms with Crippen molar-refractivity contribution in [3.63, 3.8) is 0 Å². The zero-order chi connectivity index (χ0) is 18.8. The molecule has 1 heterocycles. The molecule has 1 rings (SSSR count). The van der Waals surface area contributed by atoms with E-state index < -0.39 is 32.9 Å². The number of amides is 1. The first kappa shape index (κ1) is 21.3. The molecule has 1 aliphatic rings. The zero-order valence-electron chi connectivity index (χ0n) is 15.1. The molecule has 0 aromatic heterocycles. The van der Waals surface area contributed by atoms with E-state index in [1.54, 1.807) is 0 Å². The van der Waals surface area contributed by atoms with Crippen molar-refractivity contribution in [2.24, 2.45) is 0 Å². The van der Waals surface area contributed by atoms with Crippen LogP contribution in [-0.2, 0) is 24.9 Å². The number of hydrogen-bond donors (Lipinski definition) is 1. The monoisotopic (exact) mass is 365 g/mol. The minimum absolute atomic E-state index is 0.220. The van der Waals surface area contributed by atoms with Crippen molar-refractivity contribution < 1.29 is 27.7 Å². The summed E-state index contributed by atoms with van der Waals surface area (Å²) < 4.78 is 36.4. The Morgan fingerprint density at radius 1 is 1.25 bits per heavy atom. The molecule has 0 bridgehead atoms. The Kier molecular flexibility index (Phi) is 6.79. The van der Waals surface area contributed by atoms with E-state index in [2.05, 4.69) is 0 Å². The summed E-state index contributed by atoms with van der Waals surface area (Å²) in [7, 11) is -4.41. The van der Waals surface area contributed by atoms with Gasteiger partial charge in [-0.05, 0) is 47.5 Å². The molecule has 0 aliphatic carbocycles. The van der Waals surface area contributed by atoms with Crippen LogP contribution in [0.4, 0.5) is 0 Å². The van der Waals surface area contributed by atoms with E-state index in [0.717, 1.165) is 5.06 Å². The van der Waals surface area contributed by atoms with Crippen LogP contribution in [0.1, 0.15) is 47.5 Å². The van der Waals surface area contributed by atoms with Crippen LogP contribution in [0.5, 0.6) is 0 Å². The Balaban J connectivity index is 3.02. The first-order valence-corrected chi connectivity index (χ1v) is 9.71. The number of hydroxylamine groups is 2. The third-order valence-corrected chi connectivity index (χ3v) is 4.93. The van der Waals surface area contributed by atoms with Crippen LogP contribution >= 0.6 is 0 Å². The molecule has 1 radical (unpaired) electrons. The number of nitrogens with zero attached hydrogens (tertiary/aromatic N) is 2. The van der Waals surface area contributed by atoms with Crippen LogP contribution < -0.4 is 0 Å². The third-order valence-electron chi connectivity index (χ3n) is 4.32. The summed E-state index contributed by atoms with van der Waals surface area (Å²) >= 11 is 0. The number of carbonyl (C=O) groups excluding carboxylic acids is 1. The van der Waals surface area contributed by atoms with E-state index in [4.69, 9.17) is 9.29 Å². The molecule has 0 atom stereocenters. The van der Waals surface area contributed by atoms with Gasteiger partial charge in [-0.25, -0.2) is 0 Å². The van der Waals surface area contributed by atoms with Crippen molar-refractivity contribution in [2.75, 3.05) is 25.5 Å². The largest absolute Gasteiger partial charge is 0.380 e. The molecule has 0 aromatic rings. The summed E-state index contributed by atoms with van der Waals surface area (Å²) in [5, 5.41) is 13.5. The maximum Gasteiger partial charge on any atom is 0.274 e. The second-order valence-corrected chi connectivity index (χ2v) is 8.94. The number of piperidine rings is 1. The first-order valence-electron chi connectivity index (χ1n) is 8.10. The second kappa shape index (κ2) is 7.65. The summed E-state index contributed by atoms with van der Waals surface area (Å²) in [6.45, 7) is 10.0. The van der Waals surface area contributed by atoms with Crippen LogP contribution in [0, 0.1) is 0 Å². The lowest BCUT2D eigenvalue weighted by atomic mass is 9.78. The van der Waals surface area contributed by atoms with Gasteiger partial charge in [0, 0.05) is 30.3 Å². The van der Waals surface area contributed by atoms with Gasteiger partial charge in [0.15, 0.2) is 5.75 Å². The van der Waals surface area contributed by atoms with Gasteiger partial charge in [-0.2, -0.15) is 8.42 Å². The summed E-state index contributed by atoms with van der Waals surface area (Å²) in [4.78, 5) is 13.8. The predicted molar refractivity (Wildman–Crippen MR) is 88.3 cm³/mol. The number of rotatable bonds is 7. The van der Waals surface area contributed by atoms with E-state index >= 15 is 0 Å². The molecule has 1 saturated heterocycles.